The molecule has 0 N–H and O–H groups in total. The molecule has 4 saturated carbocycles. The summed E-state index contributed by atoms with van der Waals surface area (Å²) in [5.41, 5.74) is 1.86. The highest BCUT2D eigenvalue weighted by atomic mass is 127. The summed E-state index contributed by atoms with van der Waals surface area (Å²) in [5.74, 6) is 3.90. The van der Waals surface area contributed by atoms with Gasteiger partial charge in [-0.1, -0.05) is 41.6 Å². The first-order valence-electron chi connectivity index (χ1n) is 9.60. The van der Waals surface area contributed by atoms with Crippen LogP contribution in [0.3, 0.4) is 0 Å². The fourth-order valence-corrected chi connectivity index (χ4v) is 6.26. The van der Waals surface area contributed by atoms with Crippen LogP contribution in [-0.2, 0) is 4.74 Å². The molecule has 1 atom stereocenters. The first kappa shape index (κ1) is 17.1. The standard InChI is InChI=1S/C21H29IO2/c1-2-20(22)18-3-5-19(6-4-18)24-14-23-13-21-10-15-7-16(11-21)9-17(8-15)12-21/h3-6,15-17,20H,2,7-14H2,1H3. The van der Waals surface area contributed by atoms with Crippen LogP contribution in [0.1, 0.15) is 61.4 Å². The van der Waals surface area contributed by atoms with Crippen LogP contribution in [0.4, 0.5) is 0 Å². The van der Waals surface area contributed by atoms with E-state index in [0.717, 1.165) is 36.5 Å². The maximum atomic E-state index is 6.00. The Balaban J connectivity index is 1.25. The third kappa shape index (κ3) is 3.62. The van der Waals surface area contributed by atoms with Crippen molar-refractivity contribution in [1.29, 1.82) is 0 Å². The average Bonchev–Trinajstić information content (AvgIpc) is 2.57. The molecule has 0 heterocycles. The molecule has 1 aromatic rings. The maximum absolute atomic E-state index is 6.00. The minimum absolute atomic E-state index is 0.391. The second kappa shape index (κ2) is 7.14. The predicted molar refractivity (Wildman–Crippen MR) is 106 cm³/mol. The molecule has 1 unspecified atom stereocenters. The zero-order chi connectivity index (χ0) is 16.6. The van der Waals surface area contributed by atoms with Crippen LogP contribution < -0.4 is 4.74 Å². The molecular formula is C21H29IO2. The molecule has 3 heteroatoms. The lowest BCUT2D eigenvalue weighted by Crippen LogP contribution is -2.48. The van der Waals surface area contributed by atoms with Crippen molar-refractivity contribution in [1.82, 2.24) is 0 Å². The molecule has 4 fully saturated rings. The molecule has 5 rings (SSSR count). The van der Waals surface area contributed by atoms with E-state index in [4.69, 9.17) is 9.47 Å². The summed E-state index contributed by atoms with van der Waals surface area (Å²) in [5, 5.41) is 0. The van der Waals surface area contributed by atoms with Gasteiger partial charge in [-0.2, -0.15) is 0 Å². The number of alkyl halides is 1. The third-order valence-electron chi connectivity index (χ3n) is 6.48. The molecule has 4 aliphatic rings. The molecule has 0 aromatic heterocycles. The van der Waals surface area contributed by atoms with E-state index in [9.17, 15) is 0 Å². The summed E-state index contributed by atoms with van der Waals surface area (Å²) in [4.78, 5) is 0. The van der Waals surface area contributed by atoms with Gasteiger partial charge in [-0.25, -0.2) is 0 Å². The highest BCUT2D eigenvalue weighted by Crippen LogP contribution is 2.60. The topological polar surface area (TPSA) is 18.5 Å². The van der Waals surface area contributed by atoms with Crippen molar-refractivity contribution in [3.8, 4) is 5.75 Å². The van der Waals surface area contributed by atoms with E-state index in [1.165, 1.54) is 44.1 Å². The van der Waals surface area contributed by atoms with Gasteiger partial charge in [0.15, 0.2) is 6.79 Å². The zero-order valence-corrected chi connectivity index (χ0v) is 16.8. The Morgan fingerprint density at radius 1 is 1.04 bits per heavy atom. The van der Waals surface area contributed by atoms with Crippen LogP contribution in [0, 0.1) is 23.2 Å². The Morgan fingerprint density at radius 3 is 2.17 bits per heavy atom. The Bertz CT molecular complexity index is 518. The number of rotatable bonds is 7. The van der Waals surface area contributed by atoms with E-state index >= 15 is 0 Å². The molecule has 24 heavy (non-hydrogen) atoms. The number of hydrogen-bond acceptors (Lipinski definition) is 2. The lowest BCUT2D eigenvalue weighted by atomic mass is 9.50. The van der Waals surface area contributed by atoms with E-state index in [-0.39, 0.29) is 0 Å². The highest BCUT2D eigenvalue weighted by Gasteiger charge is 2.50. The third-order valence-corrected chi connectivity index (χ3v) is 8.08. The van der Waals surface area contributed by atoms with Gasteiger partial charge in [0.1, 0.15) is 5.75 Å². The van der Waals surface area contributed by atoms with Gasteiger partial charge in [-0.3, -0.25) is 0 Å². The van der Waals surface area contributed by atoms with Gasteiger partial charge in [0, 0.05) is 3.92 Å². The fraction of sp³-hybridized carbons (Fsp3) is 0.714. The molecule has 0 aliphatic heterocycles. The van der Waals surface area contributed by atoms with Crippen molar-refractivity contribution in [3.63, 3.8) is 0 Å². The summed E-state index contributed by atoms with van der Waals surface area (Å²) < 4.78 is 12.4. The van der Waals surface area contributed by atoms with Crippen molar-refractivity contribution < 1.29 is 9.47 Å². The molecule has 4 bridgehead atoms. The first-order chi connectivity index (χ1) is 11.7. The lowest BCUT2D eigenvalue weighted by molar-refractivity contribution is -0.116. The van der Waals surface area contributed by atoms with Crippen LogP contribution in [0.5, 0.6) is 5.75 Å². The Kier molecular flexibility index (Phi) is 5.10. The van der Waals surface area contributed by atoms with Crippen molar-refractivity contribution in [3.05, 3.63) is 29.8 Å². The second-order valence-electron chi connectivity index (χ2n) is 8.47. The molecular weight excluding hydrogens is 411 g/mol. The van der Waals surface area contributed by atoms with Crippen LogP contribution in [0.25, 0.3) is 0 Å². The Labute approximate surface area is 159 Å². The van der Waals surface area contributed by atoms with Crippen molar-refractivity contribution in [2.75, 3.05) is 13.4 Å². The SMILES string of the molecule is CCC(I)c1ccc(OCOCC23CC4CC(CC(C4)C2)C3)cc1. The maximum Gasteiger partial charge on any atom is 0.189 e. The van der Waals surface area contributed by atoms with Crippen molar-refractivity contribution in [2.45, 2.75) is 55.8 Å². The monoisotopic (exact) mass is 440 g/mol. The van der Waals surface area contributed by atoms with Gasteiger partial charge in [0.2, 0.25) is 0 Å². The van der Waals surface area contributed by atoms with Gasteiger partial charge in [-0.05, 0) is 85.8 Å². The van der Waals surface area contributed by atoms with E-state index in [1.807, 2.05) is 0 Å². The van der Waals surface area contributed by atoms with Gasteiger partial charge < -0.3 is 9.47 Å². The van der Waals surface area contributed by atoms with E-state index < -0.39 is 0 Å². The van der Waals surface area contributed by atoms with Crippen LogP contribution in [0.15, 0.2) is 24.3 Å². The van der Waals surface area contributed by atoms with Gasteiger partial charge >= 0.3 is 0 Å². The van der Waals surface area contributed by atoms with E-state index in [1.54, 1.807) is 0 Å². The number of hydrogen-bond donors (Lipinski definition) is 0. The van der Waals surface area contributed by atoms with Crippen LogP contribution in [0.2, 0.25) is 0 Å². The quantitative estimate of drug-likeness (QED) is 0.219. The second-order valence-corrected chi connectivity index (χ2v) is 9.98. The molecule has 0 saturated heterocycles. The van der Waals surface area contributed by atoms with Gasteiger partial charge in [-0.15, -0.1) is 0 Å². The molecule has 2 nitrogen and oxygen atoms in total. The van der Waals surface area contributed by atoms with Gasteiger partial charge in [0.05, 0.1) is 6.61 Å². The normalized spacial score (nSPS) is 35.2. The minimum Gasteiger partial charge on any atom is -0.468 e. The molecule has 4 aliphatic carbocycles. The molecule has 0 spiro atoms. The average molecular weight is 440 g/mol. The number of benzene rings is 1. The molecule has 0 radical (unpaired) electrons. The summed E-state index contributed by atoms with van der Waals surface area (Å²) in [6.45, 7) is 3.52. The highest BCUT2D eigenvalue weighted by molar-refractivity contribution is 14.1. The lowest BCUT2D eigenvalue weighted by Gasteiger charge is -2.56. The fourth-order valence-electron chi connectivity index (χ4n) is 5.84. The van der Waals surface area contributed by atoms with Crippen molar-refractivity contribution >= 4 is 22.6 Å². The number of ether oxygens (including phenoxy) is 2. The van der Waals surface area contributed by atoms with E-state index in [0.29, 0.717) is 16.1 Å². The van der Waals surface area contributed by atoms with Crippen LogP contribution >= 0.6 is 22.6 Å². The summed E-state index contributed by atoms with van der Waals surface area (Å²) in [7, 11) is 0. The Hall–Kier alpha value is -0.290. The zero-order valence-electron chi connectivity index (χ0n) is 14.7. The molecule has 132 valence electrons. The molecule has 0 amide bonds. The summed E-state index contributed by atoms with van der Waals surface area (Å²) in [6.07, 6.45) is 9.87. The van der Waals surface area contributed by atoms with E-state index in [2.05, 4.69) is 53.8 Å². The summed E-state index contributed by atoms with van der Waals surface area (Å²) in [6, 6.07) is 8.50. The van der Waals surface area contributed by atoms with Crippen LogP contribution in [-0.4, -0.2) is 13.4 Å². The minimum atomic E-state index is 0.391. The Morgan fingerprint density at radius 2 is 1.62 bits per heavy atom. The first-order valence-corrected chi connectivity index (χ1v) is 10.8. The smallest absolute Gasteiger partial charge is 0.189 e. The predicted octanol–water partition coefficient (Wildman–Crippen LogP) is 6.14. The summed E-state index contributed by atoms with van der Waals surface area (Å²) >= 11 is 2.49. The number of halogens is 1. The van der Waals surface area contributed by atoms with Gasteiger partial charge in [0.25, 0.3) is 0 Å². The largest absolute Gasteiger partial charge is 0.468 e. The van der Waals surface area contributed by atoms with Crippen molar-refractivity contribution in [2.24, 2.45) is 23.2 Å². The molecule has 1 aromatic carbocycles.